The molecule has 0 amide bonds. The first-order chi connectivity index (χ1) is 10.3. The number of hydrogen-bond donors (Lipinski definition) is 1. The van der Waals surface area contributed by atoms with Crippen LogP contribution in [-0.2, 0) is 0 Å². The minimum atomic E-state index is 0.629. The molecule has 0 spiro atoms. The molecule has 0 aliphatic heterocycles. The maximum atomic E-state index is 6.15. The molecule has 4 nitrogen and oxygen atoms in total. The van der Waals surface area contributed by atoms with E-state index in [1.165, 1.54) is 48.6 Å². The van der Waals surface area contributed by atoms with Crippen LogP contribution in [0.25, 0.3) is 11.1 Å². The van der Waals surface area contributed by atoms with Crippen molar-refractivity contribution < 1.29 is 0 Å². The monoisotopic (exact) mass is 302 g/mol. The number of pyridine rings is 1. The van der Waals surface area contributed by atoms with Gasteiger partial charge in [-0.05, 0) is 49.0 Å². The van der Waals surface area contributed by atoms with E-state index >= 15 is 0 Å². The zero-order valence-electron chi connectivity index (χ0n) is 12.5. The summed E-state index contributed by atoms with van der Waals surface area (Å²) in [6.45, 7) is 3.23. The van der Waals surface area contributed by atoms with E-state index < -0.39 is 0 Å². The van der Waals surface area contributed by atoms with Gasteiger partial charge < -0.3 is 10.6 Å². The van der Waals surface area contributed by atoms with Crippen molar-refractivity contribution in [3.05, 3.63) is 24.5 Å². The third-order valence-electron chi connectivity index (χ3n) is 4.29. The van der Waals surface area contributed by atoms with Crippen molar-refractivity contribution >= 4 is 22.4 Å². The Bertz CT molecular complexity index is 575. The molecule has 0 aromatic carbocycles. The van der Waals surface area contributed by atoms with E-state index in [9.17, 15) is 0 Å². The van der Waals surface area contributed by atoms with Crippen molar-refractivity contribution in [2.45, 2.75) is 45.1 Å². The molecule has 2 heterocycles. The normalized spacial score (nSPS) is 16.0. The third-order valence-corrected chi connectivity index (χ3v) is 5.19. The highest BCUT2D eigenvalue weighted by atomic mass is 32.1. The summed E-state index contributed by atoms with van der Waals surface area (Å²) in [6.07, 6.45) is 10.2. The highest BCUT2D eigenvalue weighted by molar-refractivity contribution is 7.11. The fourth-order valence-electron chi connectivity index (χ4n) is 3.24. The lowest BCUT2D eigenvalue weighted by Gasteiger charge is -2.34. The second-order valence-electron chi connectivity index (χ2n) is 5.56. The number of anilines is 2. The zero-order chi connectivity index (χ0) is 14.7. The number of nitrogens with zero attached hydrogens (tertiary/aromatic N) is 3. The molecule has 2 aromatic rings. The Morgan fingerprint density at radius 3 is 2.62 bits per heavy atom. The van der Waals surface area contributed by atoms with Crippen molar-refractivity contribution in [1.82, 2.24) is 9.36 Å². The first-order valence-electron chi connectivity index (χ1n) is 7.73. The summed E-state index contributed by atoms with van der Waals surface area (Å²) in [7, 11) is 0. The van der Waals surface area contributed by atoms with E-state index in [2.05, 4.69) is 21.2 Å². The molecule has 0 unspecified atom stereocenters. The summed E-state index contributed by atoms with van der Waals surface area (Å²) in [4.78, 5) is 6.60. The van der Waals surface area contributed by atoms with Crippen LogP contribution in [0.5, 0.6) is 0 Å². The van der Waals surface area contributed by atoms with Gasteiger partial charge in [-0.15, -0.1) is 0 Å². The molecule has 3 rings (SSSR count). The van der Waals surface area contributed by atoms with Gasteiger partial charge in [0.25, 0.3) is 0 Å². The predicted octanol–water partition coefficient (Wildman–Crippen LogP) is 3.95. The van der Waals surface area contributed by atoms with Crippen LogP contribution >= 0.6 is 11.5 Å². The van der Waals surface area contributed by atoms with Crippen LogP contribution < -0.4 is 10.6 Å². The number of rotatable bonds is 4. The summed E-state index contributed by atoms with van der Waals surface area (Å²) in [6, 6.07) is 4.65. The molecular formula is C16H22N4S. The Kier molecular flexibility index (Phi) is 4.39. The topological polar surface area (TPSA) is 55.0 Å². The average molecular weight is 302 g/mol. The molecule has 1 aliphatic rings. The second kappa shape index (κ2) is 6.43. The van der Waals surface area contributed by atoms with Gasteiger partial charge in [-0.3, -0.25) is 4.98 Å². The van der Waals surface area contributed by atoms with Gasteiger partial charge in [0.15, 0.2) is 0 Å². The SMILES string of the molecule is CCN(c1snc(N)c1-c1ccncc1)C1CCCCC1. The Balaban J connectivity index is 1.97. The van der Waals surface area contributed by atoms with E-state index in [1.807, 2.05) is 24.5 Å². The van der Waals surface area contributed by atoms with E-state index in [-0.39, 0.29) is 0 Å². The van der Waals surface area contributed by atoms with E-state index in [1.54, 1.807) is 0 Å². The molecule has 2 aromatic heterocycles. The standard InChI is InChI=1S/C16H22N4S/c1-2-20(13-6-4-3-5-7-13)16-14(15(17)19-21-16)12-8-10-18-11-9-12/h8-11,13H,2-7H2,1H3,(H2,17,19). The molecule has 2 N–H and O–H groups in total. The van der Waals surface area contributed by atoms with Gasteiger partial charge >= 0.3 is 0 Å². The minimum Gasteiger partial charge on any atom is -0.382 e. The molecule has 0 atom stereocenters. The lowest BCUT2D eigenvalue weighted by Crippen LogP contribution is -2.36. The van der Waals surface area contributed by atoms with Gasteiger partial charge in [0.1, 0.15) is 10.8 Å². The first kappa shape index (κ1) is 14.3. The molecular weight excluding hydrogens is 280 g/mol. The van der Waals surface area contributed by atoms with E-state index in [4.69, 9.17) is 5.73 Å². The molecule has 0 radical (unpaired) electrons. The van der Waals surface area contributed by atoms with Gasteiger partial charge in [0, 0.05) is 25.0 Å². The molecule has 21 heavy (non-hydrogen) atoms. The third kappa shape index (κ3) is 2.88. The maximum absolute atomic E-state index is 6.15. The molecule has 1 fully saturated rings. The number of nitrogens with two attached hydrogens (primary N) is 1. The van der Waals surface area contributed by atoms with Gasteiger partial charge in [-0.1, -0.05) is 19.3 Å². The Morgan fingerprint density at radius 1 is 1.24 bits per heavy atom. The summed E-state index contributed by atoms with van der Waals surface area (Å²) in [5, 5.41) is 1.22. The van der Waals surface area contributed by atoms with Crippen LogP contribution in [0.3, 0.4) is 0 Å². The Hall–Kier alpha value is -1.62. The minimum absolute atomic E-state index is 0.629. The second-order valence-corrected chi connectivity index (χ2v) is 6.31. The fourth-order valence-corrected chi connectivity index (χ4v) is 4.21. The quantitative estimate of drug-likeness (QED) is 0.929. The molecule has 0 bridgehead atoms. The maximum Gasteiger partial charge on any atom is 0.147 e. The van der Waals surface area contributed by atoms with E-state index in [0.717, 1.165) is 17.7 Å². The fraction of sp³-hybridized carbons (Fsp3) is 0.500. The van der Waals surface area contributed by atoms with Crippen molar-refractivity contribution in [3.8, 4) is 11.1 Å². The van der Waals surface area contributed by atoms with Crippen LogP contribution in [-0.4, -0.2) is 21.9 Å². The predicted molar refractivity (Wildman–Crippen MR) is 89.7 cm³/mol. The van der Waals surface area contributed by atoms with Crippen LogP contribution in [0.1, 0.15) is 39.0 Å². The largest absolute Gasteiger partial charge is 0.382 e. The summed E-state index contributed by atoms with van der Waals surface area (Å²) >= 11 is 1.53. The summed E-state index contributed by atoms with van der Waals surface area (Å²) in [5.74, 6) is 0.635. The smallest absolute Gasteiger partial charge is 0.147 e. The lowest BCUT2D eigenvalue weighted by atomic mass is 9.94. The highest BCUT2D eigenvalue weighted by Gasteiger charge is 2.25. The van der Waals surface area contributed by atoms with Gasteiger partial charge in [0.05, 0.1) is 5.56 Å². The summed E-state index contributed by atoms with van der Waals surface area (Å²) in [5.41, 5.74) is 8.34. The number of aromatic nitrogens is 2. The summed E-state index contributed by atoms with van der Waals surface area (Å²) < 4.78 is 4.41. The number of hydrogen-bond acceptors (Lipinski definition) is 5. The first-order valence-corrected chi connectivity index (χ1v) is 8.50. The van der Waals surface area contributed by atoms with Crippen molar-refractivity contribution in [3.63, 3.8) is 0 Å². The van der Waals surface area contributed by atoms with Crippen LogP contribution in [0.4, 0.5) is 10.8 Å². The van der Waals surface area contributed by atoms with Gasteiger partial charge in [0.2, 0.25) is 0 Å². The molecule has 1 saturated carbocycles. The van der Waals surface area contributed by atoms with E-state index in [0.29, 0.717) is 11.9 Å². The van der Waals surface area contributed by atoms with Crippen LogP contribution in [0.2, 0.25) is 0 Å². The van der Waals surface area contributed by atoms with Crippen molar-refractivity contribution in [1.29, 1.82) is 0 Å². The van der Waals surface area contributed by atoms with Crippen molar-refractivity contribution in [2.75, 3.05) is 17.2 Å². The van der Waals surface area contributed by atoms with Crippen molar-refractivity contribution in [2.24, 2.45) is 0 Å². The molecule has 0 saturated heterocycles. The molecule has 1 aliphatic carbocycles. The zero-order valence-corrected chi connectivity index (χ0v) is 13.3. The van der Waals surface area contributed by atoms with Crippen LogP contribution in [0, 0.1) is 0 Å². The van der Waals surface area contributed by atoms with Gasteiger partial charge in [-0.25, -0.2) is 0 Å². The Labute approximate surface area is 130 Å². The average Bonchev–Trinajstić information content (AvgIpc) is 2.92. The number of nitrogen functional groups attached to an aromatic ring is 1. The van der Waals surface area contributed by atoms with Gasteiger partial charge in [-0.2, -0.15) is 4.37 Å². The lowest BCUT2D eigenvalue weighted by molar-refractivity contribution is 0.419. The molecule has 5 heteroatoms. The highest BCUT2D eigenvalue weighted by Crippen LogP contribution is 2.41. The Morgan fingerprint density at radius 2 is 1.95 bits per heavy atom. The van der Waals surface area contributed by atoms with Crippen LogP contribution in [0.15, 0.2) is 24.5 Å². The molecule has 112 valence electrons.